The van der Waals surface area contributed by atoms with Crippen LogP contribution in [-0.4, -0.2) is 30.3 Å². The Bertz CT molecular complexity index is 2020. The fourth-order valence-corrected chi connectivity index (χ4v) is 4.89. The molecule has 4 heterocycles. The van der Waals surface area contributed by atoms with Crippen LogP contribution in [0.5, 0.6) is 0 Å². The molecule has 0 aliphatic rings. The first-order chi connectivity index (χ1) is 19.4. The number of nitriles is 1. The Balaban J connectivity index is 0.00000253. The first kappa shape index (κ1) is 35.3. The van der Waals surface area contributed by atoms with Gasteiger partial charge in [-0.25, -0.2) is 19.3 Å². The van der Waals surface area contributed by atoms with E-state index in [9.17, 15) is 29.2 Å². The van der Waals surface area contributed by atoms with Gasteiger partial charge in [-0.1, -0.05) is 12.1 Å². The SMILES string of the molecule is CSc1ccc(-c2ccc3ncc4c(=O)n(COP(=O)([O-])[O-])c(=O)n(-c5ccc(C(C)(C)C#N)cc5)c4c3n2)cn1.[Na+].[Na+]. The Hall–Kier alpha value is -2.18. The number of phosphoric acid groups is 1. The van der Waals surface area contributed by atoms with Crippen molar-refractivity contribution >= 4 is 41.5 Å². The van der Waals surface area contributed by atoms with E-state index in [1.807, 2.05) is 18.4 Å². The number of thioether (sulfide) groups is 1. The fourth-order valence-electron chi connectivity index (χ4n) is 4.27. The van der Waals surface area contributed by atoms with Gasteiger partial charge in [0.15, 0.2) is 0 Å². The molecule has 0 radical (unpaired) electrons. The van der Waals surface area contributed by atoms with Crippen molar-refractivity contribution < 1.29 is 78.0 Å². The summed E-state index contributed by atoms with van der Waals surface area (Å²) in [5.41, 5.74) is 0.252. The number of phosphoric ester groups is 1. The molecule has 0 fully saturated rings. The van der Waals surface area contributed by atoms with Crippen molar-refractivity contribution in [3.05, 3.63) is 87.3 Å². The van der Waals surface area contributed by atoms with Crippen LogP contribution in [0.2, 0.25) is 0 Å². The second kappa shape index (κ2) is 13.9. The van der Waals surface area contributed by atoms with E-state index in [1.54, 1.807) is 56.4 Å². The molecule has 0 unspecified atom stereocenters. The molecule has 0 saturated heterocycles. The molecule has 0 atom stereocenters. The largest absolute Gasteiger partial charge is 1.00 e. The van der Waals surface area contributed by atoms with Gasteiger partial charge in [0.05, 0.1) is 52.1 Å². The summed E-state index contributed by atoms with van der Waals surface area (Å²) >= 11 is 1.49. The van der Waals surface area contributed by atoms with Crippen LogP contribution in [-0.2, 0) is 21.2 Å². The fraction of sp³-hybridized carbons (Fsp3) is 0.185. The summed E-state index contributed by atoms with van der Waals surface area (Å²) in [7, 11) is -5.51. The van der Waals surface area contributed by atoms with E-state index >= 15 is 0 Å². The van der Waals surface area contributed by atoms with Gasteiger partial charge in [0.1, 0.15) is 12.2 Å². The number of fused-ring (bicyclic) bond motifs is 3. The van der Waals surface area contributed by atoms with E-state index in [0.29, 0.717) is 32.6 Å². The van der Waals surface area contributed by atoms with Crippen LogP contribution in [0, 0.1) is 11.3 Å². The maximum Gasteiger partial charge on any atom is 1.00 e. The van der Waals surface area contributed by atoms with Crippen molar-refractivity contribution in [3.63, 3.8) is 0 Å². The smallest absolute Gasteiger partial charge is 0.790 e. The van der Waals surface area contributed by atoms with Crippen molar-refractivity contribution in [1.29, 1.82) is 5.26 Å². The molecule has 43 heavy (non-hydrogen) atoms. The Morgan fingerprint density at radius 3 is 2.30 bits per heavy atom. The summed E-state index contributed by atoms with van der Waals surface area (Å²) in [4.78, 5) is 63.0. The molecule has 0 N–H and O–H groups in total. The maximum atomic E-state index is 13.8. The van der Waals surface area contributed by atoms with Crippen LogP contribution >= 0.6 is 19.6 Å². The predicted molar refractivity (Wildman–Crippen MR) is 149 cm³/mol. The minimum atomic E-state index is -5.51. The molecule has 1 aromatic carbocycles. The summed E-state index contributed by atoms with van der Waals surface area (Å²) in [6.45, 7) is 2.38. The molecule has 0 aliphatic heterocycles. The Morgan fingerprint density at radius 2 is 1.72 bits per heavy atom. The molecule has 0 bridgehead atoms. The average Bonchev–Trinajstić information content (AvgIpc) is 2.96. The van der Waals surface area contributed by atoms with Crippen molar-refractivity contribution in [2.24, 2.45) is 0 Å². The zero-order chi connectivity index (χ0) is 29.5. The van der Waals surface area contributed by atoms with Gasteiger partial charge in [-0.2, -0.15) is 5.26 Å². The first-order valence-corrected chi connectivity index (χ1v) is 14.8. The zero-order valence-electron chi connectivity index (χ0n) is 24.0. The summed E-state index contributed by atoms with van der Waals surface area (Å²) < 4.78 is 17.1. The molecule has 208 valence electrons. The van der Waals surface area contributed by atoms with E-state index in [-0.39, 0.29) is 75.5 Å². The molecular formula is C27H21N6Na2O6PS. The third kappa shape index (κ3) is 7.22. The minimum absolute atomic E-state index is 0. The van der Waals surface area contributed by atoms with Gasteiger partial charge in [-0.3, -0.25) is 14.3 Å². The summed E-state index contributed by atoms with van der Waals surface area (Å²) in [5, 5.41) is 10.3. The summed E-state index contributed by atoms with van der Waals surface area (Å²) in [6.07, 6.45) is 4.82. The van der Waals surface area contributed by atoms with Crippen LogP contribution in [0.4, 0.5) is 0 Å². The number of hydrogen-bond donors (Lipinski definition) is 0. The Labute approximate surface area is 294 Å². The molecule has 4 aromatic heterocycles. The summed E-state index contributed by atoms with van der Waals surface area (Å²) in [6, 6.07) is 15.9. The van der Waals surface area contributed by atoms with Crippen LogP contribution in [0.25, 0.3) is 38.9 Å². The number of aromatic nitrogens is 5. The van der Waals surface area contributed by atoms with Gasteiger partial charge in [0.25, 0.3) is 5.56 Å². The molecule has 0 spiro atoms. The monoisotopic (exact) mass is 634 g/mol. The van der Waals surface area contributed by atoms with E-state index < -0.39 is 31.2 Å². The molecule has 0 saturated carbocycles. The second-order valence-electron chi connectivity index (χ2n) is 9.51. The molecule has 0 aliphatic carbocycles. The van der Waals surface area contributed by atoms with E-state index in [2.05, 4.69) is 20.6 Å². The Kier molecular flexibility index (Phi) is 11.4. The van der Waals surface area contributed by atoms with Gasteiger partial charge < -0.3 is 18.9 Å². The Morgan fingerprint density at radius 1 is 1.02 bits per heavy atom. The van der Waals surface area contributed by atoms with Crippen molar-refractivity contribution in [1.82, 2.24) is 24.1 Å². The summed E-state index contributed by atoms with van der Waals surface area (Å²) in [5.74, 6) is 0. The number of hydrogen-bond acceptors (Lipinski definition) is 11. The first-order valence-electron chi connectivity index (χ1n) is 12.1. The van der Waals surface area contributed by atoms with Gasteiger partial charge in [-0.15, -0.1) is 11.8 Å². The number of benzene rings is 1. The van der Waals surface area contributed by atoms with Gasteiger partial charge in [0.2, 0.25) is 0 Å². The number of pyridine rings is 3. The molecular weight excluding hydrogens is 613 g/mol. The maximum absolute atomic E-state index is 13.8. The standard InChI is InChI=1S/C27H23N6O6PS.2Na/c1-27(2,14-28)17-5-7-18(8-6-17)33-24-19(25(34)32(26(33)35)15-39-40(36,37)38)13-29-21-10-9-20(31-23(21)24)16-4-11-22(41-3)30-12-16;;/h4-13H,15H2,1-3H3,(H2,36,37,38);;/q;2*+1/p-2. The predicted octanol–water partition coefficient (Wildman–Crippen LogP) is -3.51. The molecule has 5 rings (SSSR count). The molecule has 12 nitrogen and oxygen atoms in total. The molecule has 16 heteroatoms. The van der Waals surface area contributed by atoms with Gasteiger partial charge in [0, 0.05) is 18.0 Å². The number of rotatable bonds is 7. The quantitative estimate of drug-likeness (QED) is 0.0751. The third-order valence-corrected chi connectivity index (χ3v) is 7.61. The van der Waals surface area contributed by atoms with E-state index in [4.69, 9.17) is 4.98 Å². The second-order valence-corrected chi connectivity index (χ2v) is 11.5. The van der Waals surface area contributed by atoms with E-state index in [0.717, 1.165) is 5.03 Å². The van der Waals surface area contributed by atoms with Crippen molar-refractivity contribution in [3.8, 4) is 23.0 Å². The van der Waals surface area contributed by atoms with Gasteiger partial charge in [-0.05, 0) is 62.1 Å². The van der Waals surface area contributed by atoms with Crippen molar-refractivity contribution in [2.75, 3.05) is 6.26 Å². The van der Waals surface area contributed by atoms with Crippen LogP contribution in [0.3, 0.4) is 0 Å². The zero-order valence-corrected chi connectivity index (χ0v) is 29.7. The van der Waals surface area contributed by atoms with Crippen LogP contribution in [0.1, 0.15) is 19.4 Å². The molecule has 5 aromatic rings. The van der Waals surface area contributed by atoms with Crippen LogP contribution in [0.15, 0.2) is 75.5 Å². The average molecular weight is 635 g/mol. The number of nitrogens with zero attached hydrogens (tertiary/aromatic N) is 6. The van der Waals surface area contributed by atoms with Crippen LogP contribution < -0.4 is 80.2 Å². The molecule has 0 amide bonds. The van der Waals surface area contributed by atoms with Crippen molar-refractivity contribution in [2.45, 2.75) is 31.0 Å². The normalized spacial score (nSPS) is 11.5. The topological polar surface area (TPSA) is 179 Å². The third-order valence-electron chi connectivity index (χ3n) is 6.52. The van der Waals surface area contributed by atoms with Gasteiger partial charge >= 0.3 is 64.8 Å². The van der Waals surface area contributed by atoms with E-state index in [1.165, 1.54) is 22.5 Å². The minimum Gasteiger partial charge on any atom is -0.790 e.